The average Bonchev–Trinajstić information content (AvgIpc) is 2.97. The molecule has 0 radical (unpaired) electrons. The van der Waals surface area contributed by atoms with E-state index in [4.69, 9.17) is 11.6 Å². The highest BCUT2D eigenvalue weighted by atomic mass is 35.5. The number of anilines is 1. The van der Waals surface area contributed by atoms with Gasteiger partial charge in [0.1, 0.15) is 0 Å². The largest absolute Gasteiger partial charge is 0.301 e. The third-order valence-corrected chi connectivity index (χ3v) is 5.39. The smallest absolute Gasteiger partial charge is 0.233 e. The number of hydrogen-bond donors (Lipinski definition) is 1. The van der Waals surface area contributed by atoms with Crippen LogP contribution in [-0.2, 0) is 4.79 Å². The van der Waals surface area contributed by atoms with Crippen molar-refractivity contribution in [2.75, 3.05) is 5.32 Å². The maximum atomic E-state index is 12.9. The number of thiazole rings is 1. The first-order valence-electron chi connectivity index (χ1n) is 8.55. The molecular formula is C21H21ClN2OS. The summed E-state index contributed by atoms with van der Waals surface area (Å²) in [6.07, 6.45) is 0. The number of aromatic nitrogens is 1. The Kier molecular flexibility index (Phi) is 5.74. The van der Waals surface area contributed by atoms with Crippen molar-refractivity contribution in [3.05, 3.63) is 70.1 Å². The van der Waals surface area contributed by atoms with E-state index in [1.165, 1.54) is 11.3 Å². The molecule has 3 nitrogen and oxygen atoms in total. The number of halogens is 1. The Morgan fingerprint density at radius 1 is 1.08 bits per heavy atom. The number of hydrogen-bond acceptors (Lipinski definition) is 3. The summed E-state index contributed by atoms with van der Waals surface area (Å²) < 4.78 is 0. The molecule has 3 aromatic rings. The van der Waals surface area contributed by atoms with E-state index >= 15 is 0 Å². The zero-order valence-electron chi connectivity index (χ0n) is 15.0. The summed E-state index contributed by atoms with van der Waals surface area (Å²) >= 11 is 7.47. The van der Waals surface area contributed by atoms with Crippen molar-refractivity contribution >= 4 is 34.0 Å². The predicted molar refractivity (Wildman–Crippen MR) is 110 cm³/mol. The summed E-state index contributed by atoms with van der Waals surface area (Å²) in [4.78, 5) is 18.6. The topological polar surface area (TPSA) is 42.0 Å². The van der Waals surface area contributed by atoms with E-state index in [-0.39, 0.29) is 17.7 Å². The molecule has 0 saturated carbocycles. The Morgan fingerprint density at radius 3 is 2.35 bits per heavy atom. The number of benzene rings is 2. The molecule has 0 spiro atoms. The lowest BCUT2D eigenvalue weighted by atomic mass is 9.88. The van der Waals surface area contributed by atoms with Gasteiger partial charge in [0.05, 0.1) is 11.6 Å². The number of nitrogens with zero attached hydrogens (tertiary/aromatic N) is 1. The SMILES string of the molecule is Cc1sc(NC(=O)C(c2ccc(Cl)cc2)C(C)C)nc1-c1ccccc1. The second-order valence-corrected chi connectivity index (χ2v) is 8.19. The van der Waals surface area contributed by atoms with Crippen LogP contribution in [0, 0.1) is 12.8 Å². The molecule has 1 N–H and O–H groups in total. The molecule has 0 aliphatic rings. The van der Waals surface area contributed by atoms with Crippen molar-refractivity contribution < 1.29 is 4.79 Å². The Labute approximate surface area is 163 Å². The minimum atomic E-state index is -0.253. The fraction of sp³-hybridized carbons (Fsp3) is 0.238. The summed E-state index contributed by atoms with van der Waals surface area (Å²) in [5.74, 6) is -0.141. The second-order valence-electron chi connectivity index (χ2n) is 6.55. The van der Waals surface area contributed by atoms with Gasteiger partial charge in [0.15, 0.2) is 5.13 Å². The highest BCUT2D eigenvalue weighted by Gasteiger charge is 2.25. The quantitative estimate of drug-likeness (QED) is 0.573. The standard InChI is InChI=1S/C21H21ClN2OS/c1-13(2)18(15-9-11-17(22)12-10-15)20(25)24-21-23-19(14(3)26-21)16-7-5-4-6-8-16/h4-13,18H,1-3H3,(H,23,24,25). The lowest BCUT2D eigenvalue weighted by molar-refractivity contribution is -0.118. The normalized spacial score (nSPS) is 12.2. The summed E-state index contributed by atoms with van der Waals surface area (Å²) in [6, 6.07) is 17.5. The zero-order valence-corrected chi connectivity index (χ0v) is 16.6. The van der Waals surface area contributed by atoms with Crippen molar-refractivity contribution in [2.45, 2.75) is 26.7 Å². The number of rotatable bonds is 5. The van der Waals surface area contributed by atoms with E-state index in [1.807, 2.05) is 75.4 Å². The third-order valence-electron chi connectivity index (χ3n) is 4.25. The lowest BCUT2D eigenvalue weighted by Crippen LogP contribution is -2.25. The number of amides is 1. The molecule has 0 fully saturated rings. The molecule has 0 saturated heterocycles. The molecule has 1 atom stereocenters. The molecule has 26 heavy (non-hydrogen) atoms. The molecule has 1 amide bonds. The first-order chi connectivity index (χ1) is 12.5. The summed E-state index contributed by atoms with van der Waals surface area (Å²) in [5, 5.41) is 4.30. The van der Waals surface area contributed by atoms with E-state index in [0.29, 0.717) is 10.2 Å². The second kappa shape index (κ2) is 8.02. The Hall–Kier alpha value is -2.17. The Morgan fingerprint density at radius 2 is 1.73 bits per heavy atom. The van der Waals surface area contributed by atoms with Crippen LogP contribution >= 0.6 is 22.9 Å². The van der Waals surface area contributed by atoms with Crippen LogP contribution in [0.1, 0.15) is 30.2 Å². The van der Waals surface area contributed by atoms with Gasteiger partial charge < -0.3 is 5.32 Å². The predicted octanol–water partition coefficient (Wildman–Crippen LogP) is 6.15. The van der Waals surface area contributed by atoms with E-state index in [0.717, 1.165) is 21.7 Å². The number of aryl methyl sites for hydroxylation is 1. The van der Waals surface area contributed by atoms with Crippen LogP contribution in [0.25, 0.3) is 11.3 Å². The Balaban J connectivity index is 1.83. The fourth-order valence-corrected chi connectivity index (χ4v) is 3.97. The molecule has 1 unspecified atom stereocenters. The Bertz CT molecular complexity index is 888. The van der Waals surface area contributed by atoms with Gasteiger partial charge in [-0.1, -0.05) is 67.9 Å². The van der Waals surface area contributed by atoms with Crippen LogP contribution in [0.3, 0.4) is 0 Å². The highest BCUT2D eigenvalue weighted by molar-refractivity contribution is 7.16. The molecular weight excluding hydrogens is 364 g/mol. The third kappa shape index (κ3) is 4.14. The van der Waals surface area contributed by atoms with Crippen molar-refractivity contribution in [3.8, 4) is 11.3 Å². The summed E-state index contributed by atoms with van der Waals surface area (Å²) in [7, 11) is 0. The first-order valence-corrected chi connectivity index (χ1v) is 9.74. The molecule has 1 heterocycles. The maximum Gasteiger partial charge on any atom is 0.233 e. The molecule has 2 aromatic carbocycles. The van der Waals surface area contributed by atoms with Gasteiger partial charge in [0.25, 0.3) is 0 Å². The van der Waals surface area contributed by atoms with E-state index in [2.05, 4.69) is 10.3 Å². The average molecular weight is 385 g/mol. The van der Waals surface area contributed by atoms with Gasteiger partial charge in [-0.3, -0.25) is 4.79 Å². The summed E-state index contributed by atoms with van der Waals surface area (Å²) in [5.41, 5.74) is 2.93. The van der Waals surface area contributed by atoms with Gasteiger partial charge in [-0.25, -0.2) is 4.98 Å². The van der Waals surface area contributed by atoms with Crippen molar-refractivity contribution in [1.82, 2.24) is 4.98 Å². The van der Waals surface area contributed by atoms with Gasteiger partial charge in [-0.05, 0) is 30.5 Å². The molecule has 134 valence electrons. The van der Waals surface area contributed by atoms with Gasteiger partial charge in [0.2, 0.25) is 5.91 Å². The van der Waals surface area contributed by atoms with Crippen LogP contribution in [0.4, 0.5) is 5.13 Å². The summed E-state index contributed by atoms with van der Waals surface area (Å²) in [6.45, 7) is 6.11. The first kappa shape index (κ1) is 18.6. The maximum absolute atomic E-state index is 12.9. The van der Waals surface area contributed by atoms with Crippen LogP contribution in [-0.4, -0.2) is 10.9 Å². The van der Waals surface area contributed by atoms with Gasteiger partial charge >= 0.3 is 0 Å². The minimum Gasteiger partial charge on any atom is -0.301 e. The molecule has 5 heteroatoms. The van der Waals surface area contributed by atoms with Crippen LogP contribution < -0.4 is 5.32 Å². The lowest BCUT2D eigenvalue weighted by Gasteiger charge is -2.20. The fourth-order valence-electron chi connectivity index (χ4n) is 3.01. The zero-order chi connectivity index (χ0) is 18.7. The van der Waals surface area contributed by atoms with Gasteiger partial charge in [0, 0.05) is 15.5 Å². The minimum absolute atomic E-state index is 0.0457. The van der Waals surface area contributed by atoms with E-state index < -0.39 is 0 Å². The van der Waals surface area contributed by atoms with Crippen LogP contribution in [0.2, 0.25) is 5.02 Å². The van der Waals surface area contributed by atoms with Crippen molar-refractivity contribution in [2.24, 2.45) is 5.92 Å². The van der Waals surface area contributed by atoms with Crippen LogP contribution in [0.5, 0.6) is 0 Å². The highest BCUT2D eigenvalue weighted by Crippen LogP contribution is 2.32. The number of nitrogens with one attached hydrogen (secondary N) is 1. The molecule has 0 bridgehead atoms. The van der Waals surface area contributed by atoms with E-state index in [9.17, 15) is 4.79 Å². The monoisotopic (exact) mass is 384 g/mol. The van der Waals surface area contributed by atoms with E-state index in [1.54, 1.807) is 0 Å². The van der Waals surface area contributed by atoms with Gasteiger partial charge in [-0.15, -0.1) is 11.3 Å². The molecule has 0 aliphatic carbocycles. The number of carbonyl (C=O) groups is 1. The molecule has 3 rings (SSSR count). The van der Waals surface area contributed by atoms with Crippen molar-refractivity contribution in [3.63, 3.8) is 0 Å². The molecule has 0 aliphatic heterocycles. The number of carbonyl (C=O) groups excluding carboxylic acids is 1. The van der Waals surface area contributed by atoms with Crippen LogP contribution in [0.15, 0.2) is 54.6 Å². The van der Waals surface area contributed by atoms with Gasteiger partial charge in [-0.2, -0.15) is 0 Å². The van der Waals surface area contributed by atoms with Crippen molar-refractivity contribution in [1.29, 1.82) is 0 Å². The molecule has 1 aromatic heterocycles.